The van der Waals surface area contributed by atoms with Crippen molar-refractivity contribution in [2.45, 2.75) is 66.7 Å². The fourth-order valence-corrected chi connectivity index (χ4v) is 2.03. The van der Waals surface area contributed by atoms with Gasteiger partial charge in [-0.2, -0.15) is 0 Å². The topological polar surface area (TPSA) is 28.2 Å². The van der Waals surface area contributed by atoms with E-state index in [1.165, 1.54) is 5.56 Å². The molecule has 0 amide bonds. The van der Waals surface area contributed by atoms with Crippen LogP contribution < -0.4 is 5.32 Å². The summed E-state index contributed by atoms with van der Waals surface area (Å²) in [6.45, 7) is 15.2. The Morgan fingerprint density at radius 1 is 1.20 bits per heavy atom. The van der Waals surface area contributed by atoms with Gasteiger partial charge in [-0.3, -0.25) is 9.88 Å². The maximum atomic E-state index is 4.58. The van der Waals surface area contributed by atoms with Crippen molar-refractivity contribution in [2.24, 2.45) is 5.41 Å². The quantitative estimate of drug-likeness (QED) is 0.863. The molecule has 1 aromatic heterocycles. The third-order valence-electron chi connectivity index (χ3n) is 3.93. The molecule has 1 aromatic rings. The number of nitrogens with zero attached hydrogens (tertiary/aromatic N) is 2. The number of hydrogen-bond acceptors (Lipinski definition) is 3. The zero-order valence-electron chi connectivity index (χ0n) is 14.2. The molecular weight excluding hydrogens is 246 g/mol. The van der Waals surface area contributed by atoms with Crippen molar-refractivity contribution in [1.29, 1.82) is 0 Å². The first kappa shape index (κ1) is 17.1. The lowest BCUT2D eigenvalue weighted by atomic mass is 9.87. The van der Waals surface area contributed by atoms with Gasteiger partial charge in [0.15, 0.2) is 0 Å². The van der Waals surface area contributed by atoms with Crippen molar-refractivity contribution in [2.75, 3.05) is 7.05 Å². The van der Waals surface area contributed by atoms with Gasteiger partial charge in [0.1, 0.15) is 0 Å². The third kappa shape index (κ3) is 5.59. The van der Waals surface area contributed by atoms with Crippen molar-refractivity contribution >= 4 is 0 Å². The molecule has 0 aliphatic carbocycles. The van der Waals surface area contributed by atoms with Gasteiger partial charge in [-0.05, 0) is 31.0 Å². The maximum absolute atomic E-state index is 4.58. The summed E-state index contributed by atoms with van der Waals surface area (Å²) in [5.74, 6) is 0. The molecule has 1 unspecified atom stereocenters. The first-order valence-electron chi connectivity index (χ1n) is 7.57. The van der Waals surface area contributed by atoms with E-state index in [1.807, 2.05) is 6.20 Å². The van der Waals surface area contributed by atoms with Gasteiger partial charge in [0.25, 0.3) is 0 Å². The molecule has 0 radical (unpaired) electrons. The molecule has 0 saturated carbocycles. The fraction of sp³-hybridized carbons (Fsp3) is 0.706. The normalized spacial score (nSPS) is 14.1. The molecule has 0 fully saturated rings. The van der Waals surface area contributed by atoms with Crippen LogP contribution in [0.3, 0.4) is 0 Å². The van der Waals surface area contributed by atoms with E-state index in [9.17, 15) is 0 Å². The lowest BCUT2D eigenvalue weighted by Crippen LogP contribution is -2.38. The fourth-order valence-electron chi connectivity index (χ4n) is 2.03. The molecule has 1 heterocycles. The Kier molecular flexibility index (Phi) is 6.15. The van der Waals surface area contributed by atoms with E-state index in [4.69, 9.17) is 0 Å². The predicted molar refractivity (Wildman–Crippen MR) is 86.6 cm³/mol. The Labute approximate surface area is 124 Å². The van der Waals surface area contributed by atoms with Gasteiger partial charge in [-0.15, -0.1) is 0 Å². The van der Waals surface area contributed by atoms with Crippen LogP contribution in [-0.4, -0.2) is 29.0 Å². The molecule has 1 rings (SSSR count). The summed E-state index contributed by atoms with van der Waals surface area (Å²) in [7, 11) is 2.17. The summed E-state index contributed by atoms with van der Waals surface area (Å²) in [5, 5.41) is 3.41. The lowest BCUT2D eigenvalue weighted by molar-refractivity contribution is 0.133. The van der Waals surface area contributed by atoms with Crippen LogP contribution in [0, 0.1) is 5.41 Å². The zero-order valence-corrected chi connectivity index (χ0v) is 14.2. The van der Waals surface area contributed by atoms with Gasteiger partial charge in [-0.1, -0.05) is 40.7 Å². The van der Waals surface area contributed by atoms with Crippen LogP contribution in [-0.2, 0) is 13.1 Å². The van der Waals surface area contributed by atoms with Crippen LogP contribution in [0.1, 0.15) is 52.8 Å². The first-order valence-corrected chi connectivity index (χ1v) is 7.57. The van der Waals surface area contributed by atoms with Gasteiger partial charge < -0.3 is 5.32 Å². The SMILES string of the molecule is CC(C)NCc1ccc(CN(C)C(C)C(C)(C)C)nc1. The van der Waals surface area contributed by atoms with Gasteiger partial charge in [0, 0.05) is 31.4 Å². The maximum Gasteiger partial charge on any atom is 0.0544 e. The highest BCUT2D eigenvalue weighted by Crippen LogP contribution is 2.23. The Hall–Kier alpha value is -0.930. The van der Waals surface area contributed by atoms with Crippen molar-refractivity contribution in [1.82, 2.24) is 15.2 Å². The van der Waals surface area contributed by atoms with Crippen LogP contribution >= 0.6 is 0 Å². The second-order valence-corrected chi connectivity index (χ2v) is 7.15. The highest BCUT2D eigenvalue weighted by atomic mass is 15.1. The second kappa shape index (κ2) is 7.19. The average molecular weight is 277 g/mol. The Morgan fingerprint density at radius 3 is 2.30 bits per heavy atom. The lowest BCUT2D eigenvalue weighted by Gasteiger charge is -2.35. The number of nitrogens with one attached hydrogen (secondary N) is 1. The number of aromatic nitrogens is 1. The van der Waals surface area contributed by atoms with Crippen LogP contribution in [0.2, 0.25) is 0 Å². The summed E-state index contributed by atoms with van der Waals surface area (Å²) >= 11 is 0. The minimum absolute atomic E-state index is 0.288. The van der Waals surface area contributed by atoms with Gasteiger partial charge in [-0.25, -0.2) is 0 Å². The third-order valence-corrected chi connectivity index (χ3v) is 3.93. The van der Waals surface area contributed by atoms with E-state index < -0.39 is 0 Å². The van der Waals surface area contributed by atoms with Crippen molar-refractivity contribution in [3.8, 4) is 0 Å². The molecule has 0 saturated heterocycles. The standard InChI is InChI=1S/C17H31N3/c1-13(2)18-10-15-8-9-16(19-11-15)12-20(7)14(3)17(4,5)6/h8-9,11,13-14,18H,10,12H2,1-7H3. The van der Waals surface area contributed by atoms with E-state index in [2.05, 4.69) is 75.9 Å². The Balaban J connectivity index is 2.57. The average Bonchev–Trinajstić information content (AvgIpc) is 2.35. The summed E-state index contributed by atoms with van der Waals surface area (Å²) < 4.78 is 0. The van der Waals surface area contributed by atoms with E-state index >= 15 is 0 Å². The first-order chi connectivity index (χ1) is 9.20. The minimum Gasteiger partial charge on any atom is -0.310 e. The molecular formula is C17H31N3. The smallest absolute Gasteiger partial charge is 0.0544 e. The molecule has 1 atom stereocenters. The predicted octanol–water partition coefficient (Wildman–Crippen LogP) is 3.45. The summed E-state index contributed by atoms with van der Waals surface area (Å²) in [5.41, 5.74) is 2.67. The molecule has 114 valence electrons. The minimum atomic E-state index is 0.288. The van der Waals surface area contributed by atoms with Gasteiger partial charge in [0.2, 0.25) is 0 Å². The second-order valence-electron chi connectivity index (χ2n) is 7.15. The highest BCUT2D eigenvalue weighted by Gasteiger charge is 2.23. The molecule has 3 heteroatoms. The molecule has 1 N–H and O–H groups in total. The molecule has 0 aliphatic heterocycles. The largest absolute Gasteiger partial charge is 0.310 e. The van der Waals surface area contributed by atoms with Crippen molar-refractivity contribution in [3.05, 3.63) is 29.6 Å². The van der Waals surface area contributed by atoms with E-state index in [0.717, 1.165) is 18.8 Å². The number of rotatable bonds is 6. The Morgan fingerprint density at radius 2 is 1.85 bits per heavy atom. The van der Waals surface area contributed by atoms with Gasteiger partial charge >= 0.3 is 0 Å². The summed E-state index contributed by atoms with van der Waals surface area (Å²) in [6, 6.07) is 5.34. The van der Waals surface area contributed by atoms with Crippen LogP contribution in [0.25, 0.3) is 0 Å². The summed E-state index contributed by atoms with van der Waals surface area (Å²) in [4.78, 5) is 6.95. The van der Waals surface area contributed by atoms with Crippen LogP contribution in [0.4, 0.5) is 0 Å². The van der Waals surface area contributed by atoms with Gasteiger partial charge in [0.05, 0.1) is 5.69 Å². The zero-order chi connectivity index (χ0) is 15.3. The van der Waals surface area contributed by atoms with E-state index in [-0.39, 0.29) is 5.41 Å². The number of hydrogen-bond donors (Lipinski definition) is 1. The monoisotopic (exact) mass is 277 g/mol. The van der Waals surface area contributed by atoms with Crippen LogP contribution in [0.5, 0.6) is 0 Å². The summed E-state index contributed by atoms with van der Waals surface area (Å²) in [6.07, 6.45) is 1.99. The number of pyridine rings is 1. The van der Waals surface area contributed by atoms with Crippen molar-refractivity contribution < 1.29 is 0 Å². The molecule has 0 bridgehead atoms. The molecule has 0 aliphatic rings. The van der Waals surface area contributed by atoms with E-state index in [1.54, 1.807) is 0 Å². The molecule has 0 aromatic carbocycles. The molecule has 0 spiro atoms. The van der Waals surface area contributed by atoms with Crippen LogP contribution in [0.15, 0.2) is 18.3 Å². The molecule has 3 nitrogen and oxygen atoms in total. The van der Waals surface area contributed by atoms with Crippen molar-refractivity contribution in [3.63, 3.8) is 0 Å². The highest BCUT2D eigenvalue weighted by molar-refractivity contribution is 5.14. The van der Waals surface area contributed by atoms with E-state index in [0.29, 0.717) is 12.1 Å². The Bertz CT molecular complexity index is 390. The molecule has 20 heavy (non-hydrogen) atoms.